The summed E-state index contributed by atoms with van der Waals surface area (Å²) in [5.74, 6) is 0.691. The number of halogens is 1. The number of aldehydes is 1. The van der Waals surface area contributed by atoms with Crippen LogP contribution in [0.1, 0.15) is 21.5 Å². The summed E-state index contributed by atoms with van der Waals surface area (Å²) in [6, 6.07) is 0. The fraction of sp³-hybridized carbons (Fsp3) is 0.182. The Balaban J connectivity index is 2.57. The molecule has 82 valence electrons. The standard InChI is InChI=1S/C11H10ClN3O/c1-7-3-13-11(12)14-10(7)15-4-8(2)9(5-15)6-16/h3-6H,1-2H3. The van der Waals surface area contributed by atoms with Gasteiger partial charge in [-0.15, -0.1) is 0 Å². The van der Waals surface area contributed by atoms with Gasteiger partial charge in [0.05, 0.1) is 0 Å². The predicted molar refractivity (Wildman–Crippen MR) is 61.2 cm³/mol. The largest absolute Gasteiger partial charge is 0.307 e. The number of aryl methyl sites for hydroxylation is 2. The molecule has 0 aliphatic heterocycles. The second-order valence-electron chi connectivity index (χ2n) is 3.57. The molecule has 0 atom stereocenters. The minimum atomic E-state index is 0.194. The molecule has 0 N–H and O–H groups in total. The first-order valence-corrected chi connectivity index (χ1v) is 5.13. The molecule has 0 aliphatic rings. The minimum absolute atomic E-state index is 0.194. The van der Waals surface area contributed by atoms with Crippen molar-refractivity contribution in [1.29, 1.82) is 0 Å². The molecule has 4 nitrogen and oxygen atoms in total. The van der Waals surface area contributed by atoms with Crippen molar-refractivity contribution in [2.45, 2.75) is 13.8 Å². The van der Waals surface area contributed by atoms with Gasteiger partial charge < -0.3 is 4.57 Å². The molecule has 0 bridgehead atoms. The van der Waals surface area contributed by atoms with Gasteiger partial charge in [-0.25, -0.2) is 4.98 Å². The highest BCUT2D eigenvalue weighted by Crippen LogP contribution is 2.16. The summed E-state index contributed by atoms with van der Waals surface area (Å²) in [4.78, 5) is 18.8. The van der Waals surface area contributed by atoms with E-state index in [-0.39, 0.29) is 5.28 Å². The second-order valence-corrected chi connectivity index (χ2v) is 3.91. The number of carbonyl (C=O) groups is 1. The molecule has 0 saturated carbocycles. The fourth-order valence-electron chi connectivity index (χ4n) is 1.49. The molecule has 0 amide bonds. The number of nitrogens with zero attached hydrogens (tertiary/aromatic N) is 3. The topological polar surface area (TPSA) is 47.8 Å². The molecule has 5 heteroatoms. The maximum atomic E-state index is 10.8. The van der Waals surface area contributed by atoms with E-state index in [4.69, 9.17) is 11.6 Å². The summed E-state index contributed by atoms with van der Waals surface area (Å²) in [7, 11) is 0. The summed E-state index contributed by atoms with van der Waals surface area (Å²) in [6.45, 7) is 3.76. The quantitative estimate of drug-likeness (QED) is 0.593. The molecule has 0 aliphatic carbocycles. The van der Waals surface area contributed by atoms with Crippen LogP contribution in [0.4, 0.5) is 0 Å². The summed E-state index contributed by atoms with van der Waals surface area (Å²) >= 11 is 5.74. The summed E-state index contributed by atoms with van der Waals surface area (Å²) < 4.78 is 1.78. The number of rotatable bonds is 2. The van der Waals surface area contributed by atoms with Gasteiger partial charge in [-0.1, -0.05) is 0 Å². The number of aromatic nitrogens is 3. The van der Waals surface area contributed by atoms with E-state index in [1.165, 1.54) is 0 Å². The highest BCUT2D eigenvalue weighted by Gasteiger charge is 2.08. The van der Waals surface area contributed by atoms with Gasteiger partial charge in [0, 0.05) is 29.7 Å². The van der Waals surface area contributed by atoms with E-state index >= 15 is 0 Å². The van der Waals surface area contributed by atoms with Gasteiger partial charge in [-0.3, -0.25) is 4.79 Å². The molecule has 2 heterocycles. The van der Waals surface area contributed by atoms with E-state index in [0.29, 0.717) is 11.4 Å². The molecule has 0 aromatic carbocycles. The number of hydrogen-bond acceptors (Lipinski definition) is 3. The van der Waals surface area contributed by atoms with E-state index in [1.807, 2.05) is 20.0 Å². The first-order chi connectivity index (χ1) is 7.61. The zero-order valence-electron chi connectivity index (χ0n) is 8.94. The van der Waals surface area contributed by atoms with Crippen LogP contribution in [0.25, 0.3) is 5.82 Å². The van der Waals surface area contributed by atoms with E-state index in [1.54, 1.807) is 17.0 Å². The van der Waals surface area contributed by atoms with E-state index < -0.39 is 0 Å². The van der Waals surface area contributed by atoms with Crippen LogP contribution < -0.4 is 0 Å². The van der Waals surface area contributed by atoms with Crippen LogP contribution in [0.15, 0.2) is 18.6 Å². The normalized spacial score (nSPS) is 10.4. The van der Waals surface area contributed by atoms with Crippen LogP contribution in [0.2, 0.25) is 5.28 Å². The fourth-order valence-corrected chi connectivity index (χ4v) is 1.62. The van der Waals surface area contributed by atoms with Crippen LogP contribution in [-0.2, 0) is 0 Å². The van der Waals surface area contributed by atoms with Crippen molar-refractivity contribution >= 4 is 17.9 Å². The van der Waals surface area contributed by atoms with Crippen molar-refractivity contribution in [2.24, 2.45) is 0 Å². The molecule has 2 aromatic rings. The molecule has 0 saturated heterocycles. The lowest BCUT2D eigenvalue weighted by Gasteiger charge is -2.04. The van der Waals surface area contributed by atoms with Gasteiger partial charge in [0.15, 0.2) is 6.29 Å². The molecule has 0 radical (unpaired) electrons. The monoisotopic (exact) mass is 235 g/mol. The van der Waals surface area contributed by atoms with E-state index in [9.17, 15) is 4.79 Å². The summed E-state index contributed by atoms with van der Waals surface area (Å²) in [6.07, 6.45) is 6.05. The third-order valence-electron chi connectivity index (χ3n) is 2.35. The Bertz CT molecular complexity index is 548. The third kappa shape index (κ3) is 1.84. The average molecular weight is 236 g/mol. The predicted octanol–water partition coefficient (Wildman–Crippen LogP) is 2.35. The maximum absolute atomic E-state index is 10.8. The van der Waals surface area contributed by atoms with Gasteiger partial charge in [-0.05, 0) is 31.0 Å². The van der Waals surface area contributed by atoms with Crippen molar-refractivity contribution in [2.75, 3.05) is 0 Å². The van der Waals surface area contributed by atoms with Crippen molar-refractivity contribution in [3.8, 4) is 5.82 Å². The first-order valence-electron chi connectivity index (χ1n) is 4.75. The summed E-state index contributed by atoms with van der Waals surface area (Å²) in [5, 5.41) is 0.194. The Morgan fingerprint density at radius 3 is 2.69 bits per heavy atom. The zero-order valence-corrected chi connectivity index (χ0v) is 9.69. The minimum Gasteiger partial charge on any atom is -0.307 e. The highest BCUT2D eigenvalue weighted by atomic mass is 35.5. The Morgan fingerprint density at radius 1 is 1.31 bits per heavy atom. The third-order valence-corrected chi connectivity index (χ3v) is 2.54. The van der Waals surface area contributed by atoms with Crippen molar-refractivity contribution in [3.05, 3.63) is 40.6 Å². The molecule has 0 fully saturated rings. The van der Waals surface area contributed by atoms with Crippen molar-refractivity contribution < 1.29 is 4.79 Å². The van der Waals surface area contributed by atoms with Gasteiger partial charge >= 0.3 is 0 Å². The SMILES string of the molecule is Cc1cn(-c2nc(Cl)ncc2C)cc1C=O. The first kappa shape index (κ1) is 10.8. The van der Waals surface area contributed by atoms with Crippen LogP contribution in [0.3, 0.4) is 0 Å². The molecular weight excluding hydrogens is 226 g/mol. The second kappa shape index (κ2) is 4.06. The van der Waals surface area contributed by atoms with Crippen LogP contribution >= 0.6 is 11.6 Å². The Morgan fingerprint density at radius 2 is 2.06 bits per heavy atom. The Labute approximate surface area is 97.9 Å². The zero-order chi connectivity index (χ0) is 11.7. The highest BCUT2D eigenvalue weighted by molar-refractivity contribution is 6.28. The lowest BCUT2D eigenvalue weighted by atomic mass is 10.2. The summed E-state index contributed by atoms with van der Waals surface area (Å²) in [5.41, 5.74) is 2.45. The van der Waals surface area contributed by atoms with Crippen molar-refractivity contribution in [1.82, 2.24) is 14.5 Å². The van der Waals surface area contributed by atoms with E-state index in [0.717, 1.165) is 17.4 Å². The van der Waals surface area contributed by atoms with Crippen molar-refractivity contribution in [3.63, 3.8) is 0 Å². The van der Waals surface area contributed by atoms with Gasteiger partial charge in [0.1, 0.15) is 5.82 Å². The van der Waals surface area contributed by atoms with E-state index in [2.05, 4.69) is 9.97 Å². The van der Waals surface area contributed by atoms with Crippen LogP contribution in [0, 0.1) is 13.8 Å². The number of carbonyl (C=O) groups excluding carboxylic acids is 1. The molecule has 2 aromatic heterocycles. The smallest absolute Gasteiger partial charge is 0.224 e. The molecule has 0 unspecified atom stereocenters. The van der Waals surface area contributed by atoms with Crippen LogP contribution in [0.5, 0.6) is 0 Å². The lowest BCUT2D eigenvalue weighted by Crippen LogP contribution is -1.99. The molecule has 16 heavy (non-hydrogen) atoms. The number of hydrogen-bond donors (Lipinski definition) is 0. The average Bonchev–Trinajstić information content (AvgIpc) is 2.63. The Hall–Kier alpha value is -1.68. The molecule has 0 spiro atoms. The molecular formula is C11H10ClN3O. The Kier molecular flexibility index (Phi) is 2.75. The lowest BCUT2D eigenvalue weighted by molar-refractivity contribution is 0.112. The van der Waals surface area contributed by atoms with Crippen LogP contribution in [-0.4, -0.2) is 20.8 Å². The van der Waals surface area contributed by atoms with Gasteiger partial charge in [-0.2, -0.15) is 4.98 Å². The van der Waals surface area contributed by atoms with Gasteiger partial charge in [0.25, 0.3) is 0 Å². The maximum Gasteiger partial charge on any atom is 0.224 e. The molecule has 2 rings (SSSR count). The van der Waals surface area contributed by atoms with Gasteiger partial charge in [0.2, 0.25) is 5.28 Å².